The summed E-state index contributed by atoms with van der Waals surface area (Å²) in [6, 6.07) is 16.0. The molecule has 0 aromatic heterocycles. The summed E-state index contributed by atoms with van der Waals surface area (Å²) in [5, 5.41) is 4.80. The topological polar surface area (TPSA) is 91.0 Å². The van der Waals surface area contributed by atoms with Crippen LogP contribution in [-0.4, -0.2) is 68.0 Å². The van der Waals surface area contributed by atoms with Crippen molar-refractivity contribution in [1.29, 1.82) is 0 Å². The number of hydrogen-bond acceptors (Lipinski definition) is 5. The Morgan fingerprint density at radius 1 is 0.969 bits per heavy atom. The summed E-state index contributed by atoms with van der Waals surface area (Å²) in [5.41, 5.74) is 1.90. The number of nitrogens with one attached hydrogen (secondary N) is 2. The van der Waals surface area contributed by atoms with Crippen molar-refractivity contribution in [3.8, 4) is 5.75 Å². The van der Waals surface area contributed by atoms with Gasteiger partial charge in [-0.25, -0.2) is 4.79 Å². The van der Waals surface area contributed by atoms with Gasteiger partial charge in [-0.2, -0.15) is 0 Å². The largest absolute Gasteiger partial charge is 0.497 e. The molecular weight excluding hydrogens is 408 g/mol. The number of aryl methyl sites for hydroxylation is 1. The second kappa shape index (κ2) is 11.3. The third-order valence-corrected chi connectivity index (χ3v) is 5.65. The quantitative estimate of drug-likeness (QED) is 0.690. The maximum Gasteiger partial charge on any atom is 0.321 e. The molecule has 0 bridgehead atoms. The Morgan fingerprint density at radius 3 is 2.22 bits per heavy atom. The number of ether oxygens (including phenoxy) is 1. The molecule has 3 rings (SSSR count). The average molecular weight is 439 g/mol. The minimum Gasteiger partial charge on any atom is -0.497 e. The molecule has 32 heavy (non-hydrogen) atoms. The fourth-order valence-corrected chi connectivity index (χ4v) is 3.84. The van der Waals surface area contributed by atoms with E-state index in [0.29, 0.717) is 39.0 Å². The van der Waals surface area contributed by atoms with Crippen LogP contribution in [0.4, 0.5) is 4.79 Å². The van der Waals surface area contributed by atoms with Crippen LogP contribution >= 0.6 is 0 Å². The van der Waals surface area contributed by atoms with Gasteiger partial charge in [-0.05, 0) is 29.7 Å². The van der Waals surface area contributed by atoms with E-state index in [4.69, 9.17) is 4.74 Å². The second-order valence-corrected chi connectivity index (χ2v) is 7.65. The maximum atomic E-state index is 12.8. The number of rotatable bonds is 7. The zero-order chi connectivity index (χ0) is 22.9. The minimum absolute atomic E-state index is 0.103. The Labute approximate surface area is 188 Å². The lowest BCUT2D eigenvalue weighted by Gasteiger charge is -2.38. The molecule has 2 aromatic carbocycles. The van der Waals surface area contributed by atoms with Gasteiger partial charge in [-0.15, -0.1) is 0 Å². The molecule has 1 fully saturated rings. The van der Waals surface area contributed by atoms with E-state index in [9.17, 15) is 14.4 Å². The molecule has 4 amide bonds. The Balaban J connectivity index is 1.58. The Hall–Kier alpha value is -3.39. The molecule has 1 unspecified atom stereocenters. The number of amides is 4. The van der Waals surface area contributed by atoms with Crippen LogP contribution in [0.2, 0.25) is 0 Å². The van der Waals surface area contributed by atoms with Gasteiger partial charge < -0.3 is 15.0 Å². The third kappa shape index (κ3) is 6.07. The zero-order valence-corrected chi connectivity index (χ0v) is 18.5. The summed E-state index contributed by atoms with van der Waals surface area (Å²) < 4.78 is 5.17. The number of imide groups is 1. The first kappa shape index (κ1) is 23.3. The van der Waals surface area contributed by atoms with Gasteiger partial charge in [0.1, 0.15) is 11.8 Å². The molecule has 0 saturated carbocycles. The van der Waals surface area contributed by atoms with Gasteiger partial charge in [0.05, 0.1) is 7.11 Å². The van der Waals surface area contributed by atoms with Gasteiger partial charge in [0.15, 0.2) is 0 Å². The highest BCUT2D eigenvalue weighted by molar-refractivity contribution is 5.97. The van der Waals surface area contributed by atoms with Crippen molar-refractivity contribution in [2.45, 2.75) is 18.9 Å². The first-order chi connectivity index (χ1) is 15.5. The summed E-state index contributed by atoms with van der Waals surface area (Å²) in [6.45, 7) is 2.18. The molecular formula is C24H30N4O4. The van der Waals surface area contributed by atoms with Crippen molar-refractivity contribution in [2.75, 3.05) is 40.3 Å². The molecule has 0 radical (unpaired) electrons. The molecule has 1 atom stereocenters. The number of carbonyl (C=O) groups excluding carboxylic acids is 3. The van der Waals surface area contributed by atoms with Crippen molar-refractivity contribution < 1.29 is 19.1 Å². The fourth-order valence-electron chi connectivity index (χ4n) is 3.84. The first-order valence-corrected chi connectivity index (χ1v) is 10.7. The van der Waals surface area contributed by atoms with Gasteiger partial charge in [0.25, 0.3) is 0 Å². The highest BCUT2D eigenvalue weighted by Gasteiger charge is 2.32. The number of piperazine rings is 1. The van der Waals surface area contributed by atoms with E-state index in [-0.39, 0.29) is 11.8 Å². The van der Waals surface area contributed by atoms with Gasteiger partial charge in [-0.1, -0.05) is 42.5 Å². The molecule has 0 aliphatic carbocycles. The summed E-state index contributed by atoms with van der Waals surface area (Å²) in [7, 11) is 3.10. The van der Waals surface area contributed by atoms with Gasteiger partial charge in [0.2, 0.25) is 11.8 Å². The molecule has 170 valence electrons. The lowest BCUT2D eigenvalue weighted by atomic mass is 10.0. The summed E-state index contributed by atoms with van der Waals surface area (Å²) in [4.78, 5) is 41.1. The van der Waals surface area contributed by atoms with Crippen LogP contribution in [0.25, 0.3) is 0 Å². The predicted molar refractivity (Wildman–Crippen MR) is 121 cm³/mol. The fraction of sp³-hybridized carbons (Fsp3) is 0.375. The van der Waals surface area contributed by atoms with E-state index >= 15 is 0 Å². The van der Waals surface area contributed by atoms with Crippen molar-refractivity contribution in [3.63, 3.8) is 0 Å². The highest BCUT2D eigenvalue weighted by Crippen LogP contribution is 2.23. The van der Waals surface area contributed by atoms with Crippen LogP contribution in [0.3, 0.4) is 0 Å². The number of carbonyl (C=O) groups is 3. The molecule has 1 saturated heterocycles. The lowest BCUT2D eigenvalue weighted by molar-refractivity contribution is -0.134. The van der Waals surface area contributed by atoms with E-state index in [1.165, 1.54) is 7.05 Å². The van der Waals surface area contributed by atoms with Crippen molar-refractivity contribution in [1.82, 2.24) is 20.4 Å². The van der Waals surface area contributed by atoms with E-state index in [1.54, 1.807) is 7.11 Å². The zero-order valence-electron chi connectivity index (χ0n) is 18.5. The first-order valence-electron chi connectivity index (χ1n) is 10.7. The maximum absolute atomic E-state index is 12.8. The molecule has 0 spiro atoms. The third-order valence-electron chi connectivity index (χ3n) is 5.65. The number of hydrogen-bond donors (Lipinski definition) is 2. The van der Waals surface area contributed by atoms with Gasteiger partial charge >= 0.3 is 6.03 Å². The molecule has 8 nitrogen and oxygen atoms in total. The molecule has 1 aliphatic heterocycles. The van der Waals surface area contributed by atoms with Gasteiger partial charge in [-0.3, -0.25) is 19.8 Å². The molecule has 2 N–H and O–H groups in total. The number of nitrogens with zero attached hydrogens (tertiary/aromatic N) is 2. The van der Waals surface area contributed by atoms with Gasteiger partial charge in [0, 0.05) is 39.6 Å². The van der Waals surface area contributed by atoms with Crippen molar-refractivity contribution in [3.05, 3.63) is 65.7 Å². The highest BCUT2D eigenvalue weighted by atomic mass is 16.5. The Morgan fingerprint density at radius 2 is 1.62 bits per heavy atom. The standard InChI is InChI=1S/C24H30N4O4/c1-25-24(31)26-23(30)22(19-6-4-3-5-7-19)28-16-14-27(15-17-28)21(29)13-10-18-8-11-20(32-2)12-9-18/h3-9,11-12,22H,10,13-17H2,1-2H3,(H2,25,26,30,31). The van der Waals surface area contributed by atoms with Crippen LogP contribution in [0, 0.1) is 0 Å². The van der Waals surface area contributed by atoms with Crippen molar-refractivity contribution in [2.24, 2.45) is 0 Å². The second-order valence-electron chi connectivity index (χ2n) is 7.65. The molecule has 1 aliphatic rings. The molecule has 2 aromatic rings. The normalized spacial score (nSPS) is 15.0. The van der Waals surface area contributed by atoms with E-state index in [0.717, 1.165) is 16.9 Å². The summed E-state index contributed by atoms with van der Waals surface area (Å²) in [6.07, 6.45) is 1.11. The monoisotopic (exact) mass is 438 g/mol. The van der Waals surface area contributed by atoms with Crippen LogP contribution in [-0.2, 0) is 16.0 Å². The van der Waals surface area contributed by atoms with E-state index in [1.807, 2.05) is 64.4 Å². The van der Waals surface area contributed by atoms with E-state index < -0.39 is 12.1 Å². The summed E-state index contributed by atoms with van der Waals surface area (Å²) >= 11 is 0. The number of methoxy groups -OCH3 is 1. The lowest BCUT2D eigenvalue weighted by Crippen LogP contribution is -2.53. The Bertz CT molecular complexity index is 909. The van der Waals surface area contributed by atoms with Crippen LogP contribution in [0.1, 0.15) is 23.6 Å². The Kier molecular flexibility index (Phi) is 8.21. The average Bonchev–Trinajstić information content (AvgIpc) is 2.84. The van der Waals surface area contributed by atoms with Crippen LogP contribution < -0.4 is 15.4 Å². The smallest absolute Gasteiger partial charge is 0.321 e. The SMILES string of the molecule is CNC(=O)NC(=O)C(c1ccccc1)N1CCN(C(=O)CCc2ccc(OC)cc2)CC1. The summed E-state index contributed by atoms with van der Waals surface area (Å²) in [5.74, 6) is 0.519. The van der Waals surface area contributed by atoms with Crippen LogP contribution in [0.15, 0.2) is 54.6 Å². The van der Waals surface area contributed by atoms with Crippen LogP contribution in [0.5, 0.6) is 5.75 Å². The molecule has 8 heteroatoms. The predicted octanol–water partition coefficient (Wildman–Crippen LogP) is 1.97. The molecule has 1 heterocycles. The minimum atomic E-state index is -0.593. The van der Waals surface area contributed by atoms with Crippen molar-refractivity contribution >= 4 is 17.8 Å². The number of urea groups is 1. The number of benzene rings is 2. The van der Waals surface area contributed by atoms with E-state index in [2.05, 4.69) is 10.6 Å².